The van der Waals surface area contributed by atoms with Crippen LogP contribution in [0.5, 0.6) is 0 Å². The van der Waals surface area contributed by atoms with E-state index in [4.69, 9.17) is 0 Å². The molecule has 0 radical (unpaired) electrons. The highest BCUT2D eigenvalue weighted by molar-refractivity contribution is 7.98. The number of hydrogen-bond acceptors (Lipinski definition) is 5. The first kappa shape index (κ1) is 12.8. The van der Waals surface area contributed by atoms with E-state index >= 15 is 0 Å². The predicted molar refractivity (Wildman–Crippen MR) is 67.0 cm³/mol. The van der Waals surface area contributed by atoms with Crippen molar-refractivity contribution >= 4 is 23.1 Å². The summed E-state index contributed by atoms with van der Waals surface area (Å²) in [5, 5.41) is 13.9. The molecule has 6 heteroatoms. The Morgan fingerprint density at radius 1 is 1.69 bits per heavy atom. The molecule has 0 saturated carbocycles. The van der Waals surface area contributed by atoms with Gasteiger partial charge in [-0.3, -0.25) is 15.1 Å². The third-order valence-electron chi connectivity index (χ3n) is 2.15. The van der Waals surface area contributed by atoms with E-state index in [2.05, 4.69) is 10.3 Å². The first-order valence-electron chi connectivity index (χ1n) is 4.99. The average Bonchev–Trinajstić information content (AvgIpc) is 2.27. The fourth-order valence-corrected chi connectivity index (χ4v) is 1.88. The van der Waals surface area contributed by atoms with Crippen LogP contribution in [0, 0.1) is 10.1 Å². The number of pyridine rings is 1. The maximum Gasteiger partial charge on any atom is 0.310 e. The van der Waals surface area contributed by atoms with Gasteiger partial charge in [-0.15, -0.1) is 0 Å². The van der Waals surface area contributed by atoms with Crippen LogP contribution in [0.4, 0.5) is 11.4 Å². The zero-order valence-electron chi connectivity index (χ0n) is 9.34. The summed E-state index contributed by atoms with van der Waals surface area (Å²) in [5.74, 6) is 1.03. The number of anilines is 1. The molecule has 1 rings (SSSR count). The summed E-state index contributed by atoms with van der Waals surface area (Å²) in [6.07, 6.45) is 5.84. The Bertz CT molecular complexity index is 360. The number of nitrogens with zero attached hydrogens (tertiary/aromatic N) is 2. The molecule has 16 heavy (non-hydrogen) atoms. The quantitative estimate of drug-likeness (QED) is 0.612. The van der Waals surface area contributed by atoms with Crippen molar-refractivity contribution in [3.05, 3.63) is 28.6 Å². The average molecular weight is 241 g/mol. The number of nitrogens with one attached hydrogen (secondary N) is 1. The van der Waals surface area contributed by atoms with Crippen LogP contribution in [0.3, 0.4) is 0 Å². The van der Waals surface area contributed by atoms with Crippen molar-refractivity contribution in [2.24, 2.45) is 0 Å². The van der Waals surface area contributed by atoms with Gasteiger partial charge in [-0.05, 0) is 31.4 Å². The molecule has 88 valence electrons. The minimum Gasteiger partial charge on any atom is -0.377 e. The summed E-state index contributed by atoms with van der Waals surface area (Å²) in [6, 6.07) is 1.85. The highest BCUT2D eigenvalue weighted by Crippen LogP contribution is 2.23. The van der Waals surface area contributed by atoms with E-state index in [1.165, 1.54) is 6.20 Å². The van der Waals surface area contributed by atoms with Crippen LogP contribution in [0.2, 0.25) is 0 Å². The van der Waals surface area contributed by atoms with Crippen molar-refractivity contribution in [1.29, 1.82) is 0 Å². The van der Waals surface area contributed by atoms with Gasteiger partial charge >= 0.3 is 5.69 Å². The lowest BCUT2D eigenvalue weighted by molar-refractivity contribution is -0.384. The molecule has 0 saturated heterocycles. The first-order valence-corrected chi connectivity index (χ1v) is 6.38. The largest absolute Gasteiger partial charge is 0.377 e. The monoisotopic (exact) mass is 241 g/mol. The van der Waals surface area contributed by atoms with Gasteiger partial charge in [0.25, 0.3) is 0 Å². The molecular formula is C10H15N3O2S. The molecule has 0 spiro atoms. The zero-order valence-corrected chi connectivity index (χ0v) is 10.2. The predicted octanol–water partition coefficient (Wildman–Crippen LogP) is 2.54. The SMILES string of the molecule is CSCCC(C)Nc1ccncc1[N+](=O)[O-]. The van der Waals surface area contributed by atoms with Crippen molar-refractivity contribution in [2.75, 3.05) is 17.3 Å². The maximum atomic E-state index is 10.7. The molecule has 0 aliphatic carbocycles. The molecule has 1 N–H and O–H groups in total. The third-order valence-corrected chi connectivity index (χ3v) is 2.80. The van der Waals surface area contributed by atoms with Crippen LogP contribution < -0.4 is 5.32 Å². The molecule has 0 aromatic carbocycles. The van der Waals surface area contributed by atoms with Gasteiger partial charge in [-0.2, -0.15) is 11.8 Å². The minimum absolute atomic E-state index is 0.0264. The molecule has 0 amide bonds. The molecule has 1 atom stereocenters. The molecule has 0 aliphatic heterocycles. The molecule has 5 nitrogen and oxygen atoms in total. The lowest BCUT2D eigenvalue weighted by Crippen LogP contribution is -2.16. The Kier molecular flexibility index (Phi) is 5.04. The molecular weight excluding hydrogens is 226 g/mol. The lowest BCUT2D eigenvalue weighted by Gasteiger charge is -2.14. The molecule has 1 aromatic heterocycles. The van der Waals surface area contributed by atoms with Crippen LogP contribution in [-0.4, -0.2) is 28.0 Å². The maximum absolute atomic E-state index is 10.7. The molecule has 1 aromatic rings. The number of rotatable bonds is 6. The highest BCUT2D eigenvalue weighted by Gasteiger charge is 2.14. The molecule has 0 aliphatic rings. The summed E-state index contributed by atoms with van der Waals surface area (Å²) >= 11 is 1.76. The lowest BCUT2D eigenvalue weighted by atomic mass is 10.2. The topological polar surface area (TPSA) is 68.1 Å². The Hall–Kier alpha value is -1.30. The Balaban J connectivity index is 2.69. The van der Waals surface area contributed by atoms with E-state index in [-0.39, 0.29) is 11.7 Å². The van der Waals surface area contributed by atoms with Crippen LogP contribution in [0.25, 0.3) is 0 Å². The molecule has 0 fully saturated rings. The number of aromatic nitrogens is 1. The Morgan fingerprint density at radius 3 is 3.06 bits per heavy atom. The van der Waals surface area contributed by atoms with Gasteiger partial charge < -0.3 is 5.32 Å². The summed E-state index contributed by atoms with van der Waals surface area (Å²) in [4.78, 5) is 14.1. The Labute approximate surface area is 98.8 Å². The summed E-state index contributed by atoms with van der Waals surface area (Å²) < 4.78 is 0. The van der Waals surface area contributed by atoms with E-state index in [9.17, 15) is 10.1 Å². The summed E-state index contributed by atoms with van der Waals surface area (Å²) in [6.45, 7) is 2.01. The van der Waals surface area contributed by atoms with Gasteiger partial charge in [-0.1, -0.05) is 0 Å². The van der Waals surface area contributed by atoms with Gasteiger partial charge in [0.15, 0.2) is 0 Å². The number of hydrogen-bond donors (Lipinski definition) is 1. The van der Waals surface area contributed by atoms with E-state index < -0.39 is 4.92 Å². The first-order chi connectivity index (χ1) is 7.65. The van der Waals surface area contributed by atoms with Crippen molar-refractivity contribution in [3.63, 3.8) is 0 Å². The fraction of sp³-hybridized carbons (Fsp3) is 0.500. The minimum atomic E-state index is -0.420. The van der Waals surface area contributed by atoms with Gasteiger partial charge in [0, 0.05) is 12.2 Å². The van der Waals surface area contributed by atoms with Crippen molar-refractivity contribution in [1.82, 2.24) is 4.98 Å². The van der Waals surface area contributed by atoms with Crippen molar-refractivity contribution in [3.8, 4) is 0 Å². The second-order valence-corrected chi connectivity index (χ2v) is 4.46. The third kappa shape index (κ3) is 3.69. The van der Waals surface area contributed by atoms with E-state index in [1.807, 2.05) is 13.2 Å². The van der Waals surface area contributed by atoms with Gasteiger partial charge in [0.2, 0.25) is 0 Å². The zero-order chi connectivity index (χ0) is 12.0. The normalized spacial score (nSPS) is 12.1. The molecule has 0 bridgehead atoms. The second kappa shape index (κ2) is 6.32. The number of thioether (sulfide) groups is 1. The van der Waals surface area contributed by atoms with Crippen LogP contribution in [0.1, 0.15) is 13.3 Å². The molecule has 1 unspecified atom stereocenters. The van der Waals surface area contributed by atoms with Crippen molar-refractivity contribution < 1.29 is 4.92 Å². The highest BCUT2D eigenvalue weighted by atomic mass is 32.2. The number of nitro groups is 1. The van der Waals surface area contributed by atoms with E-state index in [0.717, 1.165) is 12.2 Å². The van der Waals surface area contributed by atoms with Gasteiger partial charge in [0.05, 0.1) is 4.92 Å². The van der Waals surface area contributed by atoms with E-state index in [0.29, 0.717) is 5.69 Å². The van der Waals surface area contributed by atoms with Gasteiger partial charge in [-0.25, -0.2) is 0 Å². The van der Waals surface area contributed by atoms with Crippen LogP contribution >= 0.6 is 11.8 Å². The summed E-state index contributed by atoms with van der Waals surface area (Å²) in [5.41, 5.74) is 0.562. The Morgan fingerprint density at radius 2 is 2.44 bits per heavy atom. The standard InChI is InChI=1S/C10H15N3O2S/c1-8(4-6-16-2)12-9-3-5-11-7-10(9)13(14)15/h3,5,7-8H,4,6H2,1-2H3,(H,11,12). The second-order valence-electron chi connectivity index (χ2n) is 3.48. The van der Waals surface area contributed by atoms with Gasteiger partial charge in [0.1, 0.15) is 11.9 Å². The molecule has 1 heterocycles. The summed E-state index contributed by atoms with van der Waals surface area (Å²) in [7, 11) is 0. The van der Waals surface area contributed by atoms with Crippen LogP contribution in [-0.2, 0) is 0 Å². The van der Waals surface area contributed by atoms with E-state index in [1.54, 1.807) is 24.0 Å². The smallest absolute Gasteiger partial charge is 0.310 e. The van der Waals surface area contributed by atoms with Crippen LogP contribution in [0.15, 0.2) is 18.5 Å². The fourth-order valence-electron chi connectivity index (χ4n) is 1.29. The van der Waals surface area contributed by atoms with Crippen molar-refractivity contribution in [2.45, 2.75) is 19.4 Å².